The second-order valence-corrected chi connectivity index (χ2v) is 15.5. The molecule has 0 radical (unpaired) electrons. The van der Waals surface area contributed by atoms with Crippen molar-refractivity contribution in [3.8, 4) is 32.7 Å². The minimum absolute atomic E-state index is 0.233. The molecule has 2 nitrogen and oxygen atoms in total. The summed E-state index contributed by atoms with van der Waals surface area (Å²) in [5.74, 6) is 1.55. The van der Waals surface area contributed by atoms with Crippen molar-refractivity contribution in [2.45, 2.75) is 60.8 Å². The first kappa shape index (κ1) is 29.2. The van der Waals surface area contributed by atoms with E-state index >= 15 is 4.39 Å². The zero-order chi connectivity index (χ0) is 29.5. The second-order valence-electron chi connectivity index (χ2n) is 12.7. The first-order chi connectivity index (χ1) is 20.1. The van der Waals surface area contributed by atoms with Gasteiger partial charge in [0.25, 0.3) is 0 Å². The van der Waals surface area contributed by atoms with E-state index in [0.717, 1.165) is 52.5 Å². The van der Waals surface area contributed by atoms with Crippen molar-refractivity contribution in [1.29, 1.82) is 0 Å². The molecule has 0 saturated heterocycles. The molecule has 3 heterocycles. The van der Waals surface area contributed by atoms with E-state index in [0.29, 0.717) is 23.3 Å². The summed E-state index contributed by atoms with van der Waals surface area (Å²) in [4.78, 5) is 2.63. The Morgan fingerprint density at radius 1 is 0.595 bits per heavy atom. The predicted molar refractivity (Wildman–Crippen MR) is 183 cm³/mol. The number of nitrogens with zero attached hydrogens (tertiary/aromatic N) is 2. The van der Waals surface area contributed by atoms with Crippen LogP contribution in [-0.2, 0) is 19.3 Å². The molecule has 0 aliphatic heterocycles. The van der Waals surface area contributed by atoms with Gasteiger partial charge in [-0.3, -0.25) is 0 Å². The molecule has 3 aromatic heterocycles. The highest BCUT2D eigenvalue weighted by molar-refractivity contribution is 7.29. The molecular formula is C36H37FN2S3. The van der Waals surface area contributed by atoms with E-state index in [1.165, 1.54) is 42.0 Å². The maximum absolute atomic E-state index is 15.9. The maximum Gasteiger partial charge on any atom is 0.131 e. The van der Waals surface area contributed by atoms with E-state index in [1.54, 1.807) is 17.4 Å². The van der Waals surface area contributed by atoms with Crippen LogP contribution in [0.5, 0.6) is 0 Å². The Labute approximate surface area is 260 Å². The molecule has 0 bridgehead atoms. The van der Waals surface area contributed by atoms with Crippen LogP contribution in [0.25, 0.3) is 53.1 Å². The number of rotatable bonds is 9. The van der Waals surface area contributed by atoms with Gasteiger partial charge in [-0.05, 0) is 77.5 Å². The van der Waals surface area contributed by atoms with E-state index in [1.807, 2.05) is 29.5 Å². The topological polar surface area (TPSA) is 25.8 Å². The molecule has 3 aromatic carbocycles. The lowest BCUT2D eigenvalue weighted by Crippen LogP contribution is -2.00. The summed E-state index contributed by atoms with van der Waals surface area (Å²) in [6.45, 7) is 13.5. The first-order valence-electron chi connectivity index (χ1n) is 14.9. The van der Waals surface area contributed by atoms with Crippen LogP contribution in [0.1, 0.15) is 57.5 Å². The van der Waals surface area contributed by atoms with Gasteiger partial charge in [0.15, 0.2) is 0 Å². The SMILES string of the molecule is CC(C)Cc1cc(CC(C)C)cc(-c2ccc(-c3ccc(-c4cc5sc(CC(C)C)cc5s4)c4nsnc34)c(F)c2)c1. The van der Waals surface area contributed by atoms with Crippen molar-refractivity contribution in [3.05, 3.63) is 82.5 Å². The Morgan fingerprint density at radius 2 is 1.19 bits per heavy atom. The summed E-state index contributed by atoms with van der Waals surface area (Å²) in [5.41, 5.74) is 8.66. The van der Waals surface area contributed by atoms with Crippen LogP contribution in [0.4, 0.5) is 4.39 Å². The third-order valence-corrected chi connectivity index (χ3v) is 10.4. The largest absolute Gasteiger partial charge is 0.206 e. The fourth-order valence-corrected chi connectivity index (χ4v) is 9.06. The molecule has 0 atom stereocenters. The Kier molecular flexibility index (Phi) is 8.32. The van der Waals surface area contributed by atoms with Gasteiger partial charge in [0, 0.05) is 35.8 Å². The van der Waals surface area contributed by atoms with Crippen LogP contribution in [0.3, 0.4) is 0 Å². The van der Waals surface area contributed by atoms with E-state index in [9.17, 15) is 0 Å². The predicted octanol–water partition coefficient (Wildman–Crippen LogP) is 11.7. The highest BCUT2D eigenvalue weighted by atomic mass is 32.1. The molecule has 0 unspecified atom stereocenters. The fourth-order valence-electron chi connectivity index (χ4n) is 5.82. The van der Waals surface area contributed by atoms with Crippen LogP contribution < -0.4 is 0 Å². The molecule has 0 spiro atoms. The van der Waals surface area contributed by atoms with Crippen molar-refractivity contribution in [2.24, 2.45) is 17.8 Å². The van der Waals surface area contributed by atoms with Crippen LogP contribution in [-0.4, -0.2) is 8.75 Å². The van der Waals surface area contributed by atoms with Crippen molar-refractivity contribution >= 4 is 54.8 Å². The summed E-state index contributed by atoms with van der Waals surface area (Å²) in [5, 5.41) is 0. The smallest absolute Gasteiger partial charge is 0.131 e. The number of aromatic nitrogens is 2. The molecule has 42 heavy (non-hydrogen) atoms. The van der Waals surface area contributed by atoms with Crippen molar-refractivity contribution < 1.29 is 4.39 Å². The summed E-state index contributed by atoms with van der Waals surface area (Å²) in [6, 6.07) is 21.1. The Balaban J connectivity index is 1.35. The minimum Gasteiger partial charge on any atom is -0.206 e. The lowest BCUT2D eigenvalue weighted by atomic mass is 9.91. The second kappa shape index (κ2) is 12.0. The summed E-state index contributed by atoms with van der Waals surface area (Å²) >= 11 is 4.88. The molecule has 0 aliphatic carbocycles. The van der Waals surface area contributed by atoms with Gasteiger partial charge < -0.3 is 0 Å². The fraction of sp³-hybridized carbons (Fsp3) is 0.333. The van der Waals surface area contributed by atoms with Crippen LogP contribution >= 0.6 is 34.4 Å². The van der Waals surface area contributed by atoms with Gasteiger partial charge in [0.05, 0.1) is 11.7 Å². The maximum atomic E-state index is 15.9. The van der Waals surface area contributed by atoms with Gasteiger partial charge in [-0.2, -0.15) is 8.75 Å². The van der Waals surface area contributed by atoms with Gasteiger partial charge in [-0.1, -0.05) is 84.0 Å². The third-order valence-electron chi connectivity index (χ3n) is 7.48. The number of fused-ring (bicyclic) bond motifs is 2. The molecule has 6 rings (SSSR count). The lowest BCUT2D eigenvalue weighted by Gasteiger charge is -2.14. The zero-order valence-corrected chi connectivity index (χ0v) is 27.6. The number of hydrogen-bond donors (Lipinski definition) is 0. The third kappa shape index (κ3) is 6.08. The molecular weight excluding hydrogens is 576 g/mol. The molecule has 6 aromatic rings. The molecule has 0 amide bonds. The van der Waals surface area contributed by atoms with Gasteiger partial charge in [-0.15, -0.1) is 22.7 Å². The Bertz CT molecular complexity index is 1810. The average molecular weight is 613 g/mol. The van der Waals surface area contributed by atoms with Crippen molar-refractivity contribution in [3.63, 3.8) is 0 Å². The van der Waals surface area contributed by atoms with Gasteiger partial charge in [-0.25, -0.2) is 4.39 Å². The van der Waals surface area contributed by atoms with Crippen LogP contribution in [0, 0.1) is 23.6 Å². The highest BCUT2D eigenvalue weighted by Crippen LogP contribution is 2.43. The van der Waals surface area contributed by atoms with E-state index in [4.69, 9.17) is 0 Å². The number of benzene rings is 3. The van der Waals surface area contributed by atoms with Gasteiger partial charge in [0.1, 0.15) is 16.9 Å². The Hall–Kier alpha value is -2.93. The summed E-state index contributed by atoms with van der Waals surface area (Å²) in [7, 11) is 0. The molecule has 6 heteroatoms. The standard InChI is InChI=1S/C36H37FN2S3/c1-20(2)11-23-14-24(12-21(3)4)16-26(15-23)25-7-8-28(31(37)17-25)29-9-10-30(36-35(29)38-42-39-36)32-19-34-33(41-32)18-27(40-34)13-22(5)6/h7-10,14-22H,11-13H2,1-6H3. The van der Waals surface area contributed by atoms with Crippen molar-refractivity contribution in [2.75, 3.05) is 0 Å². The minimum atomic E-state index is -0.233. The lowest BCUT2D eigenvalue weighted by molar-refractivity contribution is 0.631. The highest BCUT2D eigenvalue weighted by Gasteiger charge is 2.19. The average Bonchev–Trinajstić information content (AvgIpc) is 3.62. The normalized spacial score (nSPS) is 12.1. The van der Waals surface area contributed by atoms with E-state index in [2.05, 4.69) is 86.7 Å². The van der Waals surface area contributed by atoms with E-state index in [-0.39, 0.29) is 5.82 Å². The molecule has 216 valence electrons. The number of hydrogen-bond acceptors (Lipinski definition) is 5. The Morgan fingerprint density at radius 3 is 1.81 bits per heavy atom. The van der Waals surface area contributed by atoms with Crippen LogP contribution in [0.2, 0.25) is 0 Å². The summed E-state index contributed by atoms with van der Waals surface area (Å²) < 4.78 is 27.8. The first-order valence-corrected chi connectivity index (χ1v) is 17.2. The van der Waals surface area contributed by atoms with Gasteiger partial charge >= 0.3 is 0 Å². The van der Waals surface area contributed by atoms with E-state index < -0.39 is 0 Å². The monoisotopic (exact) mass is 612 g/mol. The van der Waals surface area contributed by atoms with Crippen molar-refractivity contribution in [1.82, 2.24) is 8.75 Å². The molecule has 0 fully saturated rings. The zero-order valence-electron chi connectivity index (χ0n) is 25.1. The van der Waals surface area contributed by atoms with Crippen LogP contribution in [0.15, 0.2) is 60.7 Å². The molecule has 0 aliphatic rings. The quantitative estimate of drug-likeness (QED) is 0.162. The number of halogens is 1. The molecule has 0 N–H and O–H groups in total. The van der Waals surface area contributed by atoms with Gasteiger partial charge in [0.2, 0.25) is 0 Å². The molecule has 0 saturated carbocycles. The number of thiophene rings is 2. The summed E-state index contributed by atoms with van der Waals surface area (Å²) in [6.07, 6.45) is 3.15.